The van der Waals surface area contributed by atoms with E-state index in [0.717, 1.165) is 0 Å². The summed E-state index contributed by atoms with van der Waals surface area (Å²) in [5, 5.41) is 5.28. The average Bonchev–Trinajstić information content (AvgIpc) is 3.09. The number of hydrogen-bond acceptors (Lipinski definition) is 4. The van der Waals surface area contributed by atoms with Crippen molar-refractivity contribution >= 4 is 47.2 Å². The van der Waals surface area contributed by atoms with Gasteiger partial charge in [-0.25, -0.2) is 0 Å². The van der Waals surface area contributed by atoms with Crippen LogP contribution in [0.25, 0.3) is 0 Å². The van der Waals surface area contributed by atoms with Crippen LogP contribution in [0.1, 0.15) is 23.2 Å². The summed E-state index contributed by atoms with van der Waals surface area (Å²) in [6.07, 6.45) is 1.78. The Kier molecular flexibility index (Phi) is 6.78. The second-order valence-electron chi connectivity index (χ2n) is 5.44. The van der Waals surface area contributed by atoms with E-state index in [-0.39, 0.29) is 40.5 Å². The minimum Gasteiger partial charge on any atom is -0.348 e. The molecule has 0 aromatic heterocycles. The minimum atomic E-state index is -0.626. The van der Waals surface area contributed by atoms with Crippen LogP contribution in [0.15, 0.2) is 18.2 Å². The number of likely N-dealkylation sites (tertiary alicyclic amines) is 1. The maximum atomic E-state index is 12.3. The summed E-state index contributed by atoms with van der Waals surface area (Å²) in [7, 11) is 0. The molecule has 0 saturated carbocycles. The average molecular weight is 386 g/mol. The molecular formula is C16H17Cl2N3O4. The molecule has 25 heavy (non-hydrogen) atoms. The van der Waals surface area contributed by atoms with Gasteiger partial charge in [-0.1, -0.05) is 29.3 Å². The highest BCUT2D eigenvalue weighted by Gasteiger charge is 2.33. The second-order valence-corrected chi connectivity index (χ2v) is 6.23. The summed E-state index contributed by atoms with van der Waals surface area (Å²) < 4.78 is 0. The van der Waals surface area contributed by atoms with E-state index in [1.54, 1.807) is 12.1 Å². The Morgan fingerprint density at radius 3 is 2.72 bits per heavy atom. The van der Waals surface area contributed by atoms with E-state index in [4.69, 9.17) is 23.2 Å². The highest BCUT2D eigenvalue weighted by molar-refractivity contribution is 6.43. The van der Waals surface area contributed by atoms with E-state index in [9.17, 15) is 19.2 Å². The molecule has 9 heteroatoms. The van der Waals surface area contributed by atoms with Crippen molar-refractivity contribution in [1.29, 1.82) is 0 Å². The molecule has 134 valence electrons. The number of carbonyl (C=O) groups is 4. The van der Waals surface area contributed by atoms with E-state index in [1.807, 2.05) is 0 Å². The van der Waals surface area contributed by atoms with Crippen LogP contribution < -0.4 is 10.6 Å². The number of benzene rings is 1. The lowest BCUT2D eigenvalue weighted by Gasteiger charge is -2.23. The summed E-state index contributed by atoms with van der Waals surface area (Å²) in [6.45, 7) is 0.0618. The van der Waals surface area contributed by atoms with Crippen molar-refractivity contribution in [2.75, 3.05) is 19.6 Å². The van der Waals surface area contributed by atoms with Crippen LogP contribution in [0.3, 0.4) is 0 Å². The van der Waals surface area contributed by atoms with E-state index in [2.05, 4.69) is 10.6 Å². The molecule has 3 amide bonds. The Morgan fingerprint density at radius 1 is 1.24 bits per heavy atom. The standard InChI is InChI=1S/C16H17Cl2N3O4/c17-11-4-1-3-10(14(11)18)15(24)20-9-13(23)21-7-2-5-12(21)16(25)19-6-8-22/h1,3-4,8,12H,2,5-7,9H2,(H,19,25)(H,20,24)/t12-/m0/s1. The molecule has 1 atom stereocenters. The lowest BCUT2D eigenvalue weighted by Crippen LogP contribution is -2.49. The molecule has 2 rings (SSSR count). The maximum absolute atomic E-state index is 12.3. The van der Waals surface area contributed by atoms with Gasteiger partial charge in [0.25, 0.3) is 5.91 Å². The first-order chi connectivity index (χ1) is 12.0. The molecule has 1 heterocycles. The van der Waals surface area contributed by atoms with Gasteiger partial charge in [0.15, 0.2) is 0 Å². The number of rotatable bonds is 6. The number of aldehydes is 1. The molecule has 0 radical (unpaired) electrons. The summed E-state index contributed by atoms with van der Waals surface area (Å²) in [5.74, 6) is -1.28. The van der Waals surface area contributed by atoms with Crippen molar-refractivity contribution in [3.8, 4) is 0 Å². The van der Waals surface area contributed by atoms with Crippen molar-refractivity contribution in [2.24, 2.45) is 0 Å². The van der Waals surface area contributed by atoms with Gasteiger partial charge in [0.2, 0.25) is 11.8 Å². The van der Waals surface area contributed by atoms with Gasteiger partial charge in [-0.05, 0) is 25.0 Å². The predicted octanol–water partition coefficient (Wildman–Crippen LogP) is 1.03. The van der Waals surface area contributed by atoms with Gasteiger partial charge in [-0.2, -0.15) is 0 Å². The molecule has 1 aliphatic heterocycles. The first-order valence-corrected chi connectivity index (χ1v) is 8.44. The van der Waals surface area contributed by atoms with Gasteiger partial charge in [0, 0.05) is 6.54 Å². The van der Waals surface area contributed by atoms with Crippen molar-refractivity contribution < 1.29 is 19.2 Å². The van der Waals surface area contributed by atoms with Gasteiger partial charge >= 0.3 is 0 Å². The molecule has 1 fully saturated rings. The molecule has 1 aromatic carbocycles. The molecule has 0 unspecified atom stereocenters. The van der Waals surface area contributed by atoms with Crippen LogP contribution in [0.2, 0.25) is 10.0 Å². The third kappa shape index (κ3) is 4.70. The van der Waals surface area contributed by atoms with Crippen LogP contribution >= 0.6 is 23.2 Å². The smallest absolute Gasteiger partial charge is 0.253 e. The van der Waals surface area contributed by atoms with Crippen LogP contribution in [-0.4, -0.2) is 54.6 Å². The molecule has 0 aliphatic carbocycles. The van der Waals surface area contributed by atoms with Gasteiger partial charge < -0.3 is 20.3 Å². The zero-order valence-corrected chi connectivity index (χ0v) is 14.8. The Hall–Kier alpha value is -2.12. The normalized spacial score (nSPS) is 16.4. The van der Waals surface area contributed by atoms with Crippen molar-refractivity contribution in [2.45, 2.75) is 18.9 Å². The first kappa shape index (κ1) is 19.2. The number of hydrogen-bond donors (Lipinski definition) is 2. The van der Waals surface area contributed by atoms with Crippen molar-refractivity contribution in [3.63, 3.8) is 0 Å². The van der Waals surface area contributed by atoms with Crippen molar-refractivity contribution in [1.82, 2.24) is 15.5 Å². The zero-order chi connectivity index (χ0) is 18.4. The minimum absolute atomic E-state index is 0.0959. The molecular weight excluding hydrogens is 369 g/mol. The number of carbonyl (C=O) groups excluding carboxylic acids is 4. The van der Waals surface area contributed by atoms with Gasteiger partial charge in [-0.15, -0.1) is 0 Å². The highest BCUT2D eigenvalue weighted by atomic mass is 35.5. The first-order valence-electron chi connectivity index (χ1n) is 7.68. The fourth-order valence-electron chi connectivity index (χ4n) is 2.63. The number of halogens is 2. The third-order valence-corrected chi connectivity index (χ3v) is 4.65. The van der Waals surface area contributed by atoms with Crippen LogP contribution in [0.5, 0.6) is 0 Å². The Morgan fingerprint density at radius 2 is 2.00 bits per heavy atom. The highest BCUT2D eigenvalue weighted by Crippen LogP contribution is 2.25. The molecule has 1 aliphatic rings. The Balaban J connectivity index is 1.95. The Labute approximate surface area is 154 Å². The van der Waals surface area contributed by atoms with Gasteiger partial charge in [-0.3, -0.25) is 14.4 Å². The van der Waals surface area contributed by atoms with E-state index in [0.29, 0.717) is 25.7 Å². The number of nitrogens with one attached hydrogen (secondary N) is 2. The maximum Gasteiger partial charge on any atom is 0.253 e. The largest absolute Gasteiger partial charge is 0.348 e. The molecule has 7 nitrogen and oxygen atoms in total. The quantitative estimate of drug-likeness (QED) is 0.714. The topological polar surface area (TPSA) is 95.6 Å². The van der Waals surface area contributed by atoms with Crippen LogP contribution in [0, 0.1) is 0 Å². The second kappa shape index (κ2) is 8.82. The molecule has 1 aromatic rings. The third-order valence-electron chi connectivity index (χ3n) is 3.83. The summed E-state index contributed by atoms with van der Waals surface area (Å²) in [6, 6.07) is 4.01. The Bertz CT molecular complexity index is 696. The zero-order valence-electron chi connectivity index (χ0n) is 13.3. The van der Waals surface area contributed by atoms with E-state index < -0.39 is 11.9 Å². The fraction of sp³-hybridized carbons (Fsp3) is 0.375. The lowest BCUT2D eigenvalue weighted by atomic mass is 10.2. The molecule has 0 bridgehead atoms. The van der Waals surface area contributed by atoms with Crippen molar-refractivity contribution in [3.05, 3.63) is 33.8 Å². The molecule has 0 spiro atoms. The number of amides is 3. The van der Waals surface area contributed by atoms with Crippen LogP contribution in [-0.2, 0) is 14.4 Å². The summed E-state index contributed by atoms with van der Waals surface area (Å²) >= 11 is 11.8. The molecule has 1 saturated heterocycles. The fourth-order valence-corrected chi connectivity index (χ4v) is 3.02. The SMILES string of the molecule is O=CCNC(=O)[C@@H]1CCCN1C(=O)CNC(=O)c1cccc(Cl)c1Cl. The number of nitrogens with zero attached hydrogens (tertiary/aromatic N) is 1. The summed E-state index contributed by atoms with van der Waals surface area (Å²) in [5.41, 5.74) is 0.170. The van der Waals surface area contributed by atoms with Gasteiger partial charge in [0.1, 0.15) is 12.3 Å². The predicted molar refractivity (Wildman–Crippen MR) is 92.6 cm³/mol. The summed E-state index contributed by atoms with van der Waals surface area (Å²) in [4.78, 5) is 48.2. The van der Waals surface area contributed by atoms with Gasteiger partial charge in [0.05, 0.1) is 28.7 Å². The monoisotopic (exact) mass is 385 g/mol. The molecule has 2 N–H and O–H groups in total. The lowest BCUT2D eigenvalue weighted by molar-refractivity contribution is -0.137. The van der Waals surface area contributed by atoms with E-state index >= 15 is 0 Å². The van der Waals surface area contributed by atoms with E-state index in [1.165, 1.54) is 11.0 Å². The van der Waals surface area contributed by atoms with Crippen LogP contribution in [0.4, 0.5) is 0 Å².